The molecule has 4 heteroatoms. The fourth-order valence-electron chi connectivity index (χ4n) is 1.07. The Morgan fingerprint density at radius 2 is 2.14 bits per heavy atom. The fourth-order valence-corrected chi connectivity index (χ4v) is 1.24. The molecule has 0 aliphatic heterocycles. The highest BCUT2D eigenvalue weighted by atomic mass is 35.5. The van der Waals surface area contributed by atoms with E-state index in [1.807, 2.05) is 12.1 Å². The third-order valence-electron chi connectivity index (χ3n) is 1.73. The predicted molar refractivity (Wildman–Crippen MR) is 55.1 cm³/mol. The van der Waals surface area contributed by atoms with Crippen LogP contribution in [0.5, 0.6) is 11.5 Å². The smallest absolute Gasteiger partial charge is 0.161 e. The molecule has 0 atom stereocenters. The molecule has 0 unspecified atom stereocenters. The number of aliphatic hydroxyl groups is 1. The molecule has 0 bridgehead atoms. The zero-order valence-electron chi connectivity index (χ0n) is 8.00. The van der Waals surface area contributed by atoms with E-state index in [-0.39, 0.29) is 13.2 Å². The van der Waals surface area contributed by atoms with Crippen LogP contribution in [0.2, 0.25) is 0 Å². The predicted octanol–water partition coefficient (Wildman–Crippen LogP) is 1.81. The van der Waals surface area contributed by atoms with Crippen molar-refractivity contribution in [2.45, 2.75) is 5.88 Å². The number of methoxy groups -OCH3 is 1. The number of ether oxygens (including phenoxy) is 2. The molecule has 1 rings (SSSR count). The lowest BCUT2D eigenvalue weighted by Gasteiger charge is -2.10. The minimum atomic E-state index is -0.0135. The van der Waals surface area contributed by atoms with Crippen LogP contribution < -0.4 is 9.47 Å². The van der Waals surface area contributed by atoms with Crippen molar-refractivity contribution in [2.75, 3.05) is 20.3 Å². The van der Waals surface area contributed by atoms with Crippen molar-refractivity contribution in [3.63, 3.8) is 0 Å². The van der Waals surface area contributed by atoms with Gasteiger partial charge < -0.3 is 14.6 Å². The summed E-state index contributed by atoms with van der Waals surface area (Å²) in [5.41, 5.74) is 0.972. The normalized spacial score (nSPS) is 9.93. The standard InChI is InChI=1S/C10H13ClO3/c1-13-10-6-8(7-11)2-3-9(10)14-5-4-12/h2-3,6,12H,4-5,7H2,1H3. The van der Waals surface area contributed by atoms with E-state index < -0.39 is 0 Å². The first-order valence-corrected chi connectivity index (χ1v) is 4.81. The number of hydrogen-bond acceptors (Lipinski definition) is 3. The summed E-state index contributed by atoms with van der Waals surface area (Å²) in [4.78, 5) is 0. The Kier molecular flexibility index (Phi) is 4.56. The maximum atomic E-state index is 8.61. The van der Waals surface area contributed by atoms with Crippen molar-refractivity contribution >= 4 is 11.6 Å². The molecule has 1 aromatic carbocycles. The van der Waals surface area contributed by atoms with Crippen LogP contribution in [0.4, 0.5) is 0 Å². The van der Waals surface area contributed by atoms with Gasteiger partial charge in [0.05, 0.1) is 13.7 Å². The highest BCUT2D eigenvalue weighted by Crippen LogP contribution is 2.28. The van der Waals surface area contributed by atoms with Crippen LogP contribution in [0.15, 0.2) is 18.2 Å². The van der Waals surface area contributed by atoms with Crippen molar-refractivity contribution in [3.05, 3.63) is 23.8 Å². The second-order valence-electron chi connectivity index (χ2n) is 2.69. The molecule has 0 radical (unpaired) electrons. The zero-order valence-corrected chi connectivity index (χ0v) is 8.75. The molecule has 0 spiro atoms. The molecule has 0 aliphatic rings. The van der Waals surface area contributed by atoms with Gasteiger partial charge >= 0.3 is 0 Å². The van der Waals surface area contributed by atoms with Crippen LogP contribution in [0.3, 0.4) is 0 Å². The number of halogens is 1. The van der Waals surface area contributed by atoms with Gasteiger partial charge in [-0.2, -0.15) is 0 Å². The minimum Gasteiger partial charge on any atom is -0.493 e. The SMILES string of the molecule is COc1cc(CCl)ccc1OCCO. The summed E-state index contributed by atoms with van der Waals surface area (Å²) in [7, 11) is 1.57. The van der Waals surface area contributed by atoms with Crippen molar-refractivity contribution < 1.29 is 14.6 Å². The highest BCUT2D eigenvalue weighted by molar-refractivity contribution is 6.17. The van der Waals surface area contributed by atoms with E-state index in [1.54, 1.807) is 13.2 Å². The highest BCUT2D eigenvalue weighted by Gasteiger charge is 2.04. The van der Waals surface area contributed by atoms with Gasteiger partial charge in [0.15, 0.2) is 11.5 Å². The number of benzene rings is 1. The van der Waals surface area contributed by atoms with E-state index in [4.69, 9.17) is 26.2 Å². The van der Waals surface area contributed by atoms with E-state index in [0.717, 1.165) is 5.56 Å². The molecule has 3 nitrogen and oxygen atoms in total. The van der Waals surface area contributed by atoms with Crippen LogP contribution in [0, 0.1) is 0 Å². The second kappa shape index (κ2) is 5.73. The molecule has 0 aliphatic carbocycles. The van der Waals surface area contributed by atoms with Crippen molar-refractivity contribution in [1.29, 1.82) is 0 Å². The molecule has 14 heavy (non-hydrogen) atoms. The number of aliphatic hydroxyl groups excluding tert-OH is 1. The molecule has 0 fully saturated rings. The van der Waals surface area contributed by atoms with Crippen LogP contribution in [-0.2, 0) is 5.88 Å². The molecule has 0 saturated heterocycles. The zero-order chi connectivity index (χ0) is 10.4. The molecule has 78 valence electrons. The first-order valence-electron chi connectivity index (χ1n) is 4.28. The first-order chi connectivity index (χ1) is 6.81. The summed E-state index contributed by atoms with van der Waals surface area (Å²) < 4.78 is 10.4. The number of rotatable bonds is 5. The largest absolute Gasteiger partial charge is 0.493 e. The molecular formula is C10H13ClO3. The summed E-state index contributed by atoms with van der Waals surface area (Å²) in [6.07, 6.45) is 0. The van der Waals surface area contributed by atoms with Crippen molar-refractivity contribution in [2.24, 2.45) is 0 Å². The summed E-state index contributed by atoms with van der Waals surface area (Å²) >= 11 is 5.68. The van der Waals surface area contributed by atoms with E-state index in [1.165, 1.54) is 0 Å². The quantitative estimate of drug-likeness (QED) is 0.763. The van der Waals surface area contributed by atoms with E-state index >= 15 is 0 Å². The Hall–Kier alpha value is -0.930. The van der Waals surface area contributed by atoms with Gasteiger partial charge in [-0.15, -0.1) is 11.6 Å². The summed E-state index contributed by atoms with van der Waals surface area (Å²) in [6.45, 7) is 0.247. The van der Waals surface area contributed by atoms with Gasteiger partial charge in [0.25, 0.3) is 0 Å². The summed E-state index contributed by atoms with van der Waals surface area (Å²) in [6, 6.07) is 5.47. The molecular weight excluding hydrogens is 204 g/mol. The Morgan fingerprint density at radius 3 is 2.71 bits per heavy atom. The van der Waals surface area contributed by atoms with Gasteiger partial charge in [0, 0.05) is 5.88 Å². The van der Waals surface area contributed by atoms with Gasteiger partial charge in [0.1, 0.15) is 6.61 Å². The van der Waals surface area contributed by atoms with Crippen LogP contribution in [0.1, 0.15) is 5.56 Å². The van der Waals surface area contributed by atoms with E-state index in [9.17, 15) is 0 Å². The second-order valence-corrected chi connectivity index (χ2v) is 2.96. The van der Waals surface area contributed by atoms with Crippen LogP contribution in [-0.4, -0.2) is 25.4 Å². The Bertz CT molecular complexity index is 289. The number of hydrogen-bond donors (Lipinski definition) is 1. The van der Waals surface area contributed by atoms with E-state index in [0.29, 0.717) is 17.4 Å². The molecule has 0 heterocycles. The van der Waals surface area contributed by atoms with Gasteiger partial charge in [-0.25, -0.2) is 0 Å². The maximum absolute atomic E-state index is 8.61. The Balaban J connectivity index is 2.82. The monoisotopic (exact) mass is 216 g/mol. The van der Waals surface area contributed by atoms with Gasteiger partial charge in [-0.05, 0) is 17.7 Å². The lowest BCUT2D eigenvalue weighted by Crippen LogP contribution is -2.03. The molecule has 0 amide bonds. The Morgan fingerprint density at radius 1 is 1.36 bits per heavy atom. The topological polar surface area (TPSA) is 38.7 Å². The summed E-state index contributed by atoms with van der Waals surface area (Å²) in [5.74, 6) is 1.70. The molecule has 1 aromatic rings. The molecule has 1 N–H and O–H groups in total. The van der Waals surface area contributed by atoms with Crippen molar-refractivity contribution in [1.82, 2.24) is 0 Å². The maximum Gasteiger partial charge on any atom is 0.161 e. The lowest BCUT2D eigenvalue weighted by atomic mass is 10.2. The average molecular weight is 217 g/mol. The molecule has 0 aromatic heterocycles. The lowest BCUT2D eigenvalue weighted by molar-refractivity contribution is 0.196. The Labute approximate surface area is 88.2 Å². The van der Waals surface area contributed by atoms with Crippen LogP contribution >= 0.6 is 11.6 Å². The first kappa shape index (κ1) is 11.1. The third-order valence-corrected chi connectivity index (χ3v) is 2.04. The third kappa shape index (κ3) is 2.79. The molecule has 0 saturated carbocycles. The van der Waals surface area contributed by atoms with E-state index in [2.05, 4.69) is 0 Å². The number of alkyl halides is 1. The van der Waals surface area contributed by atoms with Gasteiger partial charge in [-0.3, -0.25) is 0 Å². The minimum absolute atomic E-state index is 0.0135. The van der Waals surface area contributed by atoms with Gasteiger partial charge in [-0.1, -0.05) is 6.07 Å². The van der Waals surface area contributed by atoms with Crippen molar-refractivity contribution in [3.8, 4) is 11.5 Å². The summed E-state index contributed by atoms with van der Waals surface area (Å²) in [5, 5.41) is 8.61. The average Bonchev–Trinajstić information content (AvgIpc) is 2.26. The van der Waals surface area contributed by atoms with Crippen LogP contribution in [0.25, 0.3) is 0 Å². The fraction of sp³-hybridized carbons (Fsp3) is 0.400. The van der Waals surface area contributed by atoms with Gasteiger partial charge in [0.2, 0.25) is 0 Å².